The van der Waals surface area contributed by atoms with E-state index in [0.717, 1.165) is 5.56 Å². The molecular weight excluding hydrogens is 260 g/mol. The van der Waals surface area contributed by atoms with Crippen LogP contribution in [0.1, 0.15) is 19.4 Å². The molecule has 0 spiro atoms. The van der Waals surface area contributed by atoms with Gasteiger partial charge in [-0.1, -0.05) is 12.1 Å². The molecule has 2 N–H and O–H groups in total. The summed E-state index contributed by atoms with van der Waals surface area (Å²) in [6.45, 7) is 2.99. The lowest BCUT2D eigenvalue weighted by atomic mass is 10.1. The molecular formula is C14H18N2O4. The van der Waals surface area contributed by atoms with Gasteiger partial charge < -0.3 is 15.4 Å². The van der Waals surface area contributed by atoms with Crippen LogP contribution in [-0.2, 0) is 25.5 Å². The quantitative estimate of drug-likeness (QED) is 0.783. The Bertz CT molecular complexity index is 496. The van der Waals surface area contributed by atoms with Crippen LogP contribution >= 0.6 is 0 Å². The number of hydrogen-bond acceptors (Lipinski definition) is 4. The summed E-state index contributed by atoms with van der Waals surface area (Å²) in [6, 6.07) is 6.24. The van der Waals surface area contributed by atoms with E-state index in [1.807, 2.05) is 0 Å². The monoisotopic (exact) mass is 278 g/mol. The molecule has 6 heteroatoms. The molecule has 0 bridgehead atoms. The Labute approximate surface area is 117 Å². The van der Waals surface area contributed by atoms with Gasteiger partial charge >= 0.3 is 5.97 Å². The fourth-order valence-corrected chi connectivity index (χ4v) is 1.62. The predicted molar refractivity (Wildman–Crippen MR) is 74.1 cm³/mol. The summed E-state index contributed by atoms with van der Waals surface area (Å²) < 4.78 is 4.52. The Morgan fingerprint density at radius 1 is 1.20 bits per heavy atom. The van der Waals surface area contributed by atoms with Crippen molar-refractivity contribution in [2.45, 2.75) is 26.3 Å². The van der Waals surface area contributed by atoms with Gasteiger partial charge in [0, 0.05) is 12.6 Å². The van der Waals surface area contributed by atoms with Crippen molar-refractivity contribution in [1.29, 1.82) is 0 Å². The molecule has 0 radical (unpaired) electrons. The zero-order valence-electron chi connectivity index (χ0n) is 11.7. The first-order chi connectivity index (χ1) is 9.42. The first-order valence-corrected chi connectivity index (χ1v) is 6.16. The summed E-state index contributed by atoms with van der Waals surface area (Å²) in [5.74, 6) is -0.906. The van der Waals surface area contributed by atoms with E-state index < -0.39 is 12.0 Å². The summed E-state index contributed by atoms with van der Waals surface area (Å²) >= 11 is 0. The lowest BCUT2D eigenvalue weighted by Gasteiger charge is -2.11. The maximum atomic E-state index is 11.7. The highest BCUT2D eigenvalue weighted by Crippen LogP contribution is 2.10. The van der Waals surface area contributed by atoms with Gasteiger partial charge in [0.2, 0.25) is 11.8 Å². The number of methoxy groups -OCH3 is 1. The zero-order chi connectivity index (χ0) is 15.1. The van der Waals surface area contributed by atoms with Gasteiger partial charge in [0.25, 0.3) is 0 Å². The number of hydrogen-bond donors (Lipinski definition) is 2. The third-order valence-electron chi connectivity index (χ3n) is 2.57. The van der Waals surface area contributed by atoms with Crippen molar-refractivity contribution >= 4 is 23.5 Å². The van der Waals surface area contributed by atoms with Crippen molar-refractivity contribution in [1.82, 2.24) is 5.32 Å². The summed E-state index contributed by atoms with van der Waals surface area (Å²) in [5, 5.41) is 5.18. The summed E-state index contributed by atoms with van der Waals surface area (Å²) in [5.41, 5.74) is 1.46. The number of rotatable bonds is 5. The summed E-state index contributed by atoms with van der Waals surface area (Å²) in [4.78, 5) is 33.8. The molecule has 0 fully saturated rings. The van der Waals surface area contributed by atoms with Crippen LogP contribution in [0.4, 0.5) is 5.69 Å². The molecule has 1 unspecified atom stereocenters. The topological polar surface area (TPSA) is 84.5 Å². The average molecular weight is 278 g/mol. The number of benzene rings is 1. The molecule has 0 aliphatic carbocycles. The number of esters is 1. The maximum Gasteiger partial charge on any atom is 0.328 e. The number of nitrogens with one attached hydrogen (secondary N) is 2. The highest BCUT2D eigenvalue weighted by molar-refractivity contribution is 5.89. The van der Waals surface area contributed by atoms with Crippen LogP contribution in [0.15, 0.2) is 24.3 Å². The van der Waals surface area contributed by atoms with Crippen LogP contribution in [0.25, 0.3) is 0 Å². The molecule has 0 aromatic heterocycles. The normalized spacial score (nSPS) is 11.3. The Balaban J connectivity index is 2.54. The Morgan fingerprint density at radius 2 is 1.80 bits per heavy atom. The zero-order valence-corrected chi connectivity index (χ0v) is 11.7. The molecule has 1 rings (SSSR count). The average Bonchev–Trinajstić information content (AvgIpc) is 2.39. The van der Waals surface area contributed by atoms with Gasteiger partial charge in [0.05, 0.1) is 13.5 Å². The van der Waals surface area contributed by atoms with Crippen LogP contribution < -0.4 is 10.6 Å². The number of ether oxygens (including phenoxy) is 1. The molecule has 0 aliphatic heterocycles. The van der Waals surface area contributed by atoms with Crippen molar-refractivity contribution in [3.8, 4) is 0 Å². The molecule has 6 nitrogen and oxygen atoms in total. The standard InChI is InChI=1S/C14H18N2O4/c1-9(14(19)20-3)15-13(18)8-11-4-6-12(7-5-11)16-10(2)17/h4-7,9H,8H2,1-3H3,(H,15,18)(H,16,17). The minimum absolute atomic E-state index is 0.151. The van der Waals surface area contributed by atoms with E-state index in [2.05, 4.69) is 15.4 Å². The summed E-state index contributed by atoms with van der Waals surface area (Å²) in [6.07, 6.45) is 0.154. The van der Waals surface area contributed by atoms with Crippen molar-refractivity contribution in [3.63, 3.8) is 0 Å². The lowest BCUT2D eigenvalue weighted by molar-refractivity contribution is -0.144. The van der Waals surface area contributed by atoms with E-state index in [0.29, 0.717) is 5.69 Å². The molecule has 1 aromatic carbocycles. The first kappa shape index (κ1) is 15.7. The van der Waals surface area contributed by atoms with Crippen LogP contribution in [0, 0.1) is 0 Å². The van der Waals surface area contributed by atoms with Gasteiger partial charge in [-0.25, -0.2) is 4.79 Å². The molecule has 1 aromatic rings. The molecule has 108 valence electrons. The van der Waals surface area contributed by atoms with Crippen LogP contribution in [0.3, 0.4) is 0 Å². The van der Waals surface area contributed by atoms with Gasteiger partial charge in [0.1, 0.15) is 6.04 Å². The minimum atomic E-state index is -0.675. The van der Waals surface area contributed by atoms with Crippen molar-refractivity contribution in [2.24, 2.45) is 0 Å². The molecule has 0 heterocycles. The maximum absolute atomic E-state index is 11.7. The second-order valence-electron chi connectivity index (χ2n) is 4.37. The van der Waals surface area contributed by atoms with Gasteiger partial charge in [-0.05, 0) is 24.6 Å². The number of carbonyl (C=O) groups is 3. The van der Waals surface area contributed by atoms with E-state index in [1.165, 1.54) is 14.0 Å². The number of amides is 2. The van der Waals surface area contributed by atoms with E-state index in [-0.39, 0.29) is 18.2 Å². The second-order valence-corrected chi connectivity index (χ2v) is 4.37. The highest BCUT2D eigenvalue weighted by Gasteiger charge is 2.15. The highest BCUT2D eigenvalue weighted by atomic mass is 16.5. The molecule has 0 aliphatic rings. The van der Waals surface area contributed by atoms with Gasteiger partial charge in [-0.3, -0.25) is 9.59 Å². The Morgan fingerprint density at radius 3 is 2.30 bits per heavy atom. The van der Waals surface area contributed by atoms with Crippen LogP contribution in [0.2, 0.25) is 0 Å². The van der Waals surface area contributed by atoms with Crippen LogP contribution in [-0.4, -0.2) is 30.9 Å². The van der Waals surface area contributed by atoms with E-state index in [1.54, 1.807) is 31.2 Å². The molecule has 20 heavy (non-hydrogen) atoms. The second kappa shape index (κ2) is 7.28. The van der Waals surface area contributed by atoms with Gasteiger partial charge in [0.15, 0.2) is 0 Å². The third kappa shape index (κ3) is 5.09. The molecule has 0 saturated heterocycles. The Hall–Kier alpha value is -2.37. The summed E-state index contributed by atoms with van der Waals surface area (Å²) in [7, 11) is 1.27. The third-order valence-corrected chi connectivity index (χ3v) is 2.57. The van der Waals surface area contributed by atoms with Crippen LogP contribution in [0.5, 0.6) is 0 Å². The first-order valence-electron chi connectivity index (χ1n) is 6.16. The van der Waals surface area contributed by atoms with Gasteiger partial charge in [-0.2, -0.15) is 0 Å². The SMILES string of the molecule is COC(=O)C(C)NC(=O)Cc1ccc(NC(C)=O)cc1. The van der Waals surface area contributed by atoms with Crippen molar-refractivity contribution < 1.29 is 19.1 Å². The number of carbonyl (C=O) groups excluding carboxylic acids is 3. The Kier molecular flexibility index (Phi) is 5.71. The van der Waals surface area contributed by atoms with E-state index in [4.69, 9.17) is 0 Å². The smallest absolute Gasteiger partial charge is 0.328 e. The molecule has 2 amide bonds. The van der Waals surface area contributed by atoms with E-state index in [9.17, 15) is 14.4 Å². The lowest BCUT2D eigenvalue weighted by Crippen LogP contribution is -2.39. The largest absolute Gasteiger partial charge is 0.467 e. The van der Waals surface area contributed by atoms with Crippen molar-refractivity contribution in [2.75, 3.05) is 12.4 Å². The fourth-order valence-electron chi connectivity index (χ4n) is 1.62. The fraction of sp³-hybridized carbons (Fsp3) is 0.357. The van der Waals surface area contributed by atoms with Crippen molar-refractivity contribution in [3.05, 3.63) is 29.8 Å². The molecule has 0 saturated carbocycles. The van der Waals surface area contributed by atoms with E-state index >= 15 is 0 Å². The number of anilines is 1. The van der Waals surface area contributed by atoms with Gasteiger partial charge in [-0.15, -0.1) is 0 Å². The molecule has 1 atom stereocenters. The predicted octanol–water partition coefficient (Wildman–Crippen LogP) is 0.865. The minimum Gasteiger partial charge on any atom is -0.467 e.